The molecule has 1 saturated carbocycles. The molecule has 0 aliphatic heterocycles. The fourth-order valence-electron chi connectivity index (χ4n) is 2.28. The van der Waals surface area contributed by atoms with Gasteiger partial charge in [-0.15, -0.1) is 0 Å². The van der Waals surface area contributed by atoms with Gasteiger partial charge < -0.3 is 9.84 Å². The summed E-state index contributed by atoms with van der Waals surface area (Å²) >= 11 is 0. The number of fused-ring (bicyclic) bond motifs is 1. The number of benzene rings is 1. The maximum Gasteiger partial charge on any atom is 0.297 e. The molecule has 18 heavy (non-hydrogen) atoms. The van der Waals surface area contributed by atoms with E-state index in [9.17, 15) is 13.9 Å². The van der Waals surface area contributed by atoms with Crippen molar-refractivity contribution in [2.45, 2.75) is 24.8 Å². The number of imidazole rings is 1. The highest BCUT2D eigenvalue weighted by atomic mass is 19.3. The second-order valence-electron chi connectivity index (χ2n) is 4.51. The Morgan fingerprint density at radius 1 is 1.44 bits per heavy atom. The number of ether oxygens (including phenoxy) is 1. The Bertz CT molecular complexity index is 605. The van der Waals surface area contributed by atoms with Crippen molar-refractivity contribution in [3.05, 3.63) is 18.2 Å². The van der Waals surface area contributed by atoms with E-state index >= 15 is 0 Å². The molecular weight excluding hydrogens is 242 g/mol. The Morgan fingerprint density at radius 3 is 2.72 bits per heavy atom. The topological polar surface area (TPSA) is 47.3 Å². The molecule has 3 rings (SSSR count). The second-order valence-corrected chi connectivity index (χ2v) is 4.51. The number of hydrogen-bond acceptors (Lipinski definition) is 3. The van der Waals surface area contributed by atoms with Crippen molar-refractivity contribution in [1.29, 1.82) is 0 Å². The van der Waals surface area contributed by atoms with Crippen LogP contribution in [0.4, 0.5) is 8.78 Å². The van der Waals surface area contributed by atoms with Gasteiger partial charge in [0.25, 0.3) is 12.4 Å². The second kappa shape index (κ2) is 3.57. The van der Waals surface area contributed by atoms with Gasteiger partial charge in [0, 0.05) is 6.07 Å². The number of rotatable bonds is 3. The lowest BCUT2D eigenvalue weighted by atomic mass is 10.2. The molecule has 1 aliphatic carbocycles. The molecule has 1 heterocycles. The summed E-state index contributed by atoms with van der Waals surface area (Å²) in [4.78, 5) is 4.16. The predicted octanol–water partition coefficient (Wildman–Crippen LogP) is 2.50. The van der Waals surface area contributed by atoms with Gasteiger partial charge in [0.2, 0.25) is 0 Å². The van der Waals surface area contributed by atoms with Gasteiger partial charge in [0.15, 0.2) is 0 Å². The Hall–Kier alpha value is -1.85. The quantitative estimate of drug-likeness (QED) is 0.915. The van der Waals surface area contributed by atoms with Crippen molar-refractivity contribution in [1.82, 2.24) is 9.55 Å². The first-order valence-electron chi connectivity index (χ1n) is 5.62. The molecule has 0 unspecified atom stereocenters. The normalized spacial score (nSPS) is 17.3. The Balaban J connectivity index is 2.29. The molecule has 4 nitrogen and oxygen atoms in total. The summed E-state index contributed by atoms with van der Waals surface area (Å²) in [5, 5.41) is 9.49. The van der Waals surface area contributed by atoms with E-state index in [2.05, 4.69) is 4.98 Å². The molecule has 1 N–H and O–H groups in total. The average molecular weight is 254 g/mol. The zero-order chi connectivity index (χ0) is 12.9. The monoisotopic (exact) mass is 254 g/mol. The lowest BCUT2D eigenvalue weighted by Gasteiger charge is -2.19. The first-order valence-corrected chi connectivity index (χ1v) is 5.62. The molecule has 1 aliphatic rings. The van der Waals surface area contributed by atoms with Crippen molar-refractivity contribution in [2.75, 3.05) is 7.11 Å². The molecule has 0 atom stereocenters. The third-order valence-electron chi connectivity index (χ3n) is 3.40. The van der Waals surface area contributed by atoms with E-state index in [1.54, 1.807) is 6.07 Å². The minimum Gasteiger partial charge on any atom is -0.508 e. The number of halogens is 2. The first-order chi connectivity index (χ1) is 8.58. The molecule has 96 valence electrons. The number of nitrogens with zero attached hydrogens (tertiary/aromatic N) is 2. The van der Waals surface area contributed by atoms with Gasteiger partial charge in [-0.1, -0.05) is 0 Å². The molecule has 0 bridgehead atoms. The third-order valence-corrected chi connectivity index (χ3v) is 3.40. The molecule has 0 amide bonds. The zero-order valence-electron chi connectivity index (χ0n) is 9.73. The number of phenols is 1. The highest BCUT2D eigenvalue weighted by Gasteiger charge is 2.55. The molecule has 0 saturated heterocycles. The van der Waals surface area contributed by atoms with Gasteiger partial charge >= 0.3 is 0 Å². The molecule has 6 heteroatoms. The van der Waals surface area contributed by atoms with Crippen LogP contribution in [0.15, 0.2) is 18.2 Å². The van der Waals surface area contributed by atoms with Crippen LogP contribution >= 0.6 is 0 Å². The van der Waals surface area contributed by atoms with E-state index < -0.39 is 12.0 Å². The van der Waals surface area contributed by atoms with Crippen LogP contribution in [0, 0.1) is 0 Å². The number of aromatic hydroxyl groups is 1. The van der Waals surface area contributed by atoms with E-state index in [4.69, 9.17) is 4.74 Å². The third kappa shape index (κ3) is 1.38. The summed E-state index contributed by atoms with van der Waals surface area (Å²) in [6.07, 6.45) is -1.70. The first kappa shape index (κ1) is 11.3. The van der Waals surface area contributed by atoms with Crippen molar-refractivity contribution >= 4 is 11.0 Å². The Morgan fingerprint density at radius 2 is 2.17 bits per heavy atom. The number of hydrogen-bond donors (Lipinski definition) is 1. The van der Waals surface area contributed by atoms with Crippen LogP contribution in [0.2, 0.25) is 0 Å². The lowest BCUT2D eigenvalue weighted by molar-refractivity contribution is 0.0646. The van der Waals surface area contributed by atoms with Crippen molar-refractivity contribution in [3.8, 4) is 11.8 Å². The number of alkyl halides is 2. The molecule has 1 aromatic carbocycles. The highest BCUT2D eigenvalue weighted by molar-refractivity contribution is 5.79. The average Bonchev–Trinajstić information content (AvgIpc) is 3.06. The van der Waals surface area contributed by atoms with Gasteiger partial charge in [-0.25, -0.2) is 8.78 Å². The van der Waals surface area contributed by atoms with Crippen molar-refractivity contribution < 1.29 is 18.6 Å². The van der Waals surface area contributed by atoms with Crippen LogP contribution in [0.5, 0.6) is 11.8 Å². The SMILES string of the molecule is COc1nc2ccc(O)cc2n1C1(C(F)F)CC1. The minimum atomic E-state index is -2.48. The predicted molar refractivity (Wildman–Crippen MR) is 61.2 cm³/mol. The lowest BCUT2D eigenvalue weighted by Crippen LogP contribution is -2.26. The molecular formula is C12H12F2N2O2. The van der Waals surface area contributed by atoms with E-state index in [1.807, 2.05) is 0 Å². The Labute approximate surface area is 102 Å². The van der Waals surface area contributed by atoms with E-state index in [-0.39, 0.29) is 11.8 Å². The smallest absolute Gasteiger partial charge is 0.297 e. The summed E-state index contributed by atoms with van der Waals surface area (Å²) in [6.45, 7) is 0. The fraction of sp³-hybridized carbons (Fsp3) is 0.417. The van der Waals surface area contributed by atoms with Crippen LogP contribution in [-0.2, 0) is 5.54 Å². The fourth-order valence-corrected chi connectivity index (χ4v) is 2.28. The summed E-state index contributed by atoms with van der Waals surface area (Å²) in [6, 6.07) is 4.66. The van der Waals surface area contributed by atoms with E-state index in [0.717, 1.165) is 0 Å². The van der Waals surface area contributed by atoms with Crippen LogP contribution in [-0.4, -0.2) is 28.2 Å². The van der Waals surface area contributed by atoms with Crippen LogP contribution in [0.3, 0.4) is 0 Å². The molecule has 1 fully saturated rings. The maximum absolute atomic E-state index is 13.2. The number of methoxy groups -OCH3 is 1. The van der Waals surface area contributed by atoms with Crippen LogP contribution in [0.1, 0.15) is 12.8 Å². The molecule has 0 spiro atoms. The summed E-state index contributed by atoms with van der Waals surface area (Å²) in [5.41, 5.74) is -0.213. The van der Waals surface area contributed by atoms with Gasteiger partial charge in [0.05, 0.1) is 18.1 Å². The largest absolute Gasteiger partial charge is 0.508 e. The summed E-state index contributed by atoms with van der Waals surface area (Å²) in [7, 11) is 1.40. The van der Waals surface area contributed by atoms with Gasteiger partial charge in [0.1, 0.15) is 11.3 Å². The summed E-state index contributed by atoms with van der Waals surface area (Å²) < 4.78 is 32.9. The molecule has 2 aromatic rings. The van der Waals surface area contributed by atoms with Gasteiger partial charge in [-0.05, 0) is 25.0 Å². The zero-order valence-corrected chi connectivity index (χ0v) is 9.73. The Kier molecular flexibility index (Phi) is 2.23. The summed E-state index contributed by atoms with van der Waals surface area (Å²) in [5.74, 6) is 0.0244. The van der Waals surface area contributed by atoms with Crippen molar-refractivity contribution in [2.24, 2.45) is 0 Å². The van der Waals surface area contributed by atoms with Gasteiger partial charge in [-0.3, -0.25) is 4.57 Å². The molecule has 0 radical (unpaired) electrons. The van der Waals surface area contributed by atoms with Crippen LogP contribution in [0.25, 0.3) is 11.0 Å². The standard InChI is InChI=1S/C12H12F2N2O2/c1-18-11-15-8-3-2-7(17)6-9(8)16(11)12(4-5-12)10(13)14/h2-3,6,10,17H,4-5H2,1H3. The van der Waals surface area contributed by atoms with E-state index in [0.29, 0.717) is 23.9 Å². The number of phenolic OH excluding ortho intramolecular Hbond substituents is 1. The molecule has 1 aromatic heterocycles. The minimum absolute atomic E-state index is 0.0244. The van der Waals surface area contributed by atoms with Crippen molar-refractivity contribution in [3.63, 3.8) is 0 Å². The highest BCUT2D eigenvalue weighted by Crippen LogP contribution is 2.52. The van der Waals surface area contributed by atoms with Crippen LogP contribution < -0.4 is 4.74 Å². The number of aromatic nitrogens is 2. The van der Waals surface area contributed by atoms with E-state index in [1.165, 1.54) is 23.8 Å². The maximum atomic E-state index is 13.2. The van der Waals surface area contributed by atoms with Gasteiger partial charge in [-0.2, -0.15) is 4.98 Å².